The van der Waals surface area contributed by atoms with Crippen molar-refractivity contribution in [3.05, 3.63) is 42.5 Å². The first kappa shape index (κ1) is 13.8. The first-order valence-electron chi connectivity index (χ1n) is 6.09. The summed E-state index contributed by atoms with van der Waals surface area (Å²) in [7, 11) is -4.36. The van der Waals surface area contributed by atoms with E-state index in [-0.39, 0.29) is 6.42 Å². The summed E-state index contributed by atoms with van der Waals surface area (Å²) < 4.78 is 38.6. The average Bonchev–Trinajstić information content (AvgIpc) is 2.37. The first-order chi connectivity index (χ1) is 9.06. The Bertz CT molecular complexity index is 647. The van der Waals surface area contributed by atoms with Gasteiger partial charge in [-0.15, -0.1) is 3.89 Å². The smallest absolute Gasteiger partial charge is 0.302 e. The Balaban J connectivity index is 1.92. The van der Waals surface area contributed by atoms with Crippen molar-refractivity contribution in [3.63, 3.8) is 0 Å². The van der Waals surface area contributed by atoms with E-state index in [1.54, 1.807) is 0 Å². The van der Waals surface area contributed by atoms with Crippen LogP contribution in [0.2, 0.25) is 0 Å². The van der Waals surface area contributed by atoms with Crippen molar-refractivity contribution in [3.8, 4) is 5.75 Å². The largest absolute Gasteiger partial charge is 0.493 e. The summed E-state index contributed by atoms with van der Waals surface area (Å²) in [5.41, 5.74) is 0. The Morgan fingerprint density at radius 1 is 1.00 bits per heavy atom. The van der Waals surface area contributed by atoms with Crippen LogP contribution in [-0.4, -0.2) is 20.8 Å². The molecule has 0 heterocycles. The van der Waals surface area contributed by atoms with Crippen LogP contribution in [0.5, 0.6) is 5.75 Å². The van der Waals surface area contributed by atoms with Gasteiger partial charge in [0.15, 0.2) is 0 Å². The van der Waals surface area contributed by atoms with Gasteiger partial charge in [0.05, 0.1) is 12.4 Å². The summed E-state index contributed by atoms with van der Waals surface area (Å²) in [6.07, 6.45) is 0.774. The Morgan fingerprint density at radius 2 is 1.74 bits per heavy atom. The van der Waals surface area contributed by atoms with Crippen LogP contribution in [0.25, 0.3) is 10.8 Å². The normalized spacial score (nSPS) is 11.6. The number of rotatable bonds is 6. The average molecular weight is 282 g/mol. The van der Waals surface area contributed by atoms with Gasteiger partial charge in [0.1, 0.15) is 5.75 Å². The van der Waals surface area contributed by atoms with E-state index in [1.165, 1.54) is 0 Å². The molecule has 0 unspecified atom stereocenters. The second-order valence-electron chi connectivity index (χ2n) is 4.28. The highest BCUT2D eigenvalue weighted by Gasteiger charge is 2.06. The van der Waals surface area contributed by atoms with E-state index in [1.807, 2.05) is 42.5 Å². The second kappa shape index (κ2) is 6.02. The molecule has 3 nitrogen and oxygen atoms in total. The van der Waals surface area contributed by atoms with Gasteiger partial charge in [0.2, 0.25) is 0 Å². The van der Waals surface area contributed by atoms with Gasteiger partial charge < -0.3 is 4.74 Å². The minimum absolute atomic E-state index is 0.267. The van der Waals surface area contributed by atoms with Crippen LogP contribution in [0, 0.1) is 0 Å². The van der Waals surface area contributed by atoms with Crippen molar-refractivity contribution >= 4 is 21.0 Å². The standard InChI is InChI=1S/C14H15FO3S/c15-19(16,17)11-4-3-10-18-14-9-5-7-12-6-1-2-8-13(12)14/h1-2,5-9H,3-4,10-11H2. The molecule has 19 heavy (non-hydrogen) atoms. The van der Waals surface area contributed by atoms with Gasteiger partial charge in [-0.1, -0.05) is 36.4 Å². The Labute approximate surface area is 112 Å². The Hall–Kier alpha value is -1.62. The van der Waals surface area contributed by atoms with Gasteiger partial charge in [-0.2, -0.15) is 8.42 Å². The first-order valence-corrected chi connectivity index (χ1v) is 7.64. The molecule has 0 amide bonds. The molecule has 0 radical (unpaired) electrons. The predicted molar refractivity (Wildman–Crippen MR) is 73.6 cm³/mol. The summed E-state index contributed by atoms with van der Waals surface area (Å²) in [6.45, 7) is 0.378. The molecule has 0 N–H and O–H groups in total. The molecule has 0 aliphatic carbocycles. The van der Waals surface area contributed by atoms with Crippen LogP contribution in [-0.2, 0) is 10.2 Å². The summed E-state index contributed by atoms with van der Waals surface area (Å²) in [4.78, 5) is 0. The molecule has 2 aromatic carbocycles. The molecular formula is C14H15FO3S. The van der Waals surface area contributed by atoms with E-state index in [2.05, 4.69) is 0 Å². The molecule has 0 bridgehead atoms. The van der Waals surface area contributed by atoms with Crippen molar-refractivity contribution in [2.75, 3.05) is 12.4 Å². The van der Waals surface area contributed by atoms with E-state index in [4.69, 9.17) is 4.74 Å². The highest BCUT2D eigenvalue weighted by molar-refractivity contribution is 7.86. The van der Waals surface area contributed by atoms with Gasteiger partial charge in [-0.3, -0.25) is 0 Å². The van der Waals surface area contributed by atoms with Crippen LogP contribution < -0.4 is 4.74 Å². The zero-order valence-electron chi connectivity index (χ0n) is 10.4. The fraction of sp³-hybridized carbons (Fsp3) is 0.286. The minimum Gasteiger partial charge on any atom is -0.493 e. The van der Waals surface area contributed by atoms with Gasteiger partial charge in [0, 0.05) is 5.39 Å². The number of halogens is 1. The van der Waals surface area contributed by atoms with Crippen molar-refractivity contribution in [1.82, 2.24) is 0 Å². The van der Waals surface area contributed by atoms with E-state index in [9.17, 15) is 12.3 Å². The minimum atomic E-state index is -4.36. The number of fused-ring (bicyclic) bond motifs is 1. The quantitative estimate of drug-likeness (QED) is 0.603. The number of ether oxygens (including phenoxy) is 1. The van der Waals surface area contributed by atoms with E-state index in [0.717, 1.165) is 16.5 Å². The Morgan fingerprint density at radius 3 is 2.53 bits per heavy atom. The number of hydrogen-bond donors (Lipinski definition) is 0. The molecule has 2 aromatic rings. The number of unbranched alkanes of at least 4 members (excludes halogenated alkanes) is 1. The molecule has 0 spiro atoms. The van der Waals surface area contributed by atoms with E-state index < -0.39 is 16.0 Å². The van der Waals surface area contributed by atoms with Crippen molar-refractivity contribution in [1.29, 1.82) is 0 Å². The van der Waals surface area contributed by atoms with Crippen molar-refractivity contribution < 1.29 is 17.0 Å². The maximum atomic E-state index is 12.3. The van der Waals surface area contributed by atoms with E-state index in [0.29, 0.717) is 13.0 Å². The van der Waals surface area contributed by atoms with Gasteiger partial charge >= 0.3 is 10.2 Å². The van der Waals surface area contributed by atoms with Crippen molar-refractivity contribution in [2.45, 2.75) is 12.8 Å². The third-order valence-corrected chi connectivity index (χ3v) is 3.57. The zero-order chi connectivity index (χ0) is 13.7. The molecule has 0 aromatic heterocycles. The highest BCUT2D eigenvalue weighted by atomic mass is 32.3. The van der Waals surface area contributed by atoms with Crippen molar-refractivity contribution in [2.24, 2.45) is 0 Å². The summed E-state index contributed by atoms with van der Waals surface area (Å²) in [5.74, 6) is 0.326. The lowest BCUT2D eigenvalue weighted by atomic mass is 10.1. The van der Waals surface area contributed by atoms with Crippen LogP contribution in [0.4, 0.5) is 3.89 Å². The molecule has 0 atom stereocenters. The fourth-order valence-electron chi connectivity index (χ4n) is 1.88. The van der Waals surface area contributed by atoms with E-state index >= 15 is 0 Å². The lowest BCUT2D eigenvalue weighted by Gasteiger charge is -2.08. The maximum Gasteiger partial charge on any atom is 0.302 e. The van der Waals surface area contributed by atoms with Gasteiger partial charge in [-0.05, 0) is 24.3 Å². The third kappa shape index (κ3) is 4.21. The molecule has 0 saturated heterocycles. The maximum absolute atomic E-state index is 12.3. The number of benzene rings is 2. The third-order valence-electron chi connectivity index (χ3n) is 2.79. The van der Waals surface area contributed by atoms with Crippen LogP contribution >= 0.6 is 0 Å². The monoisotopic (exact) mass is 282 g/mol. The van der Waals surface area contributed by atoms with Crippen LogP contribution in [0.15, 0.2) is 42.5 Å². The predicted octanol–water partition coefficient (Wildman–Crippen LogP) is 3.30. The Kier molecular flexibility index (Phi) is 4.37. The molecule has 0 aliphatic rings. The highest BCUT2D eigenvalue weighted by Crippen LogP contribution is 2.25. The fourth-order valence-corrected chi connectivity index (χ4v) is 2.43. The van der Waals surface area contributed by atoms with Crippen LogP contribution in [0.3, 0.4) is 0 Å². The van der Waals surface area contributed by atoms with Gasteiger partial charge in [-0.25, -0.2) is 0 Å². The molecule has 0 fully saturated rings. The summed E-state index contributed by atoms with van der Waals surface area (Å²) in [5, 5.41) is 2.11. The lowest BCUT2D eigenvalue weighted by Crippen LogP contribution is -2.03. The number of hydrogen-bond acceptors (Lipinski definition) is 3. The molecule has 0 saturated carbocycles. The molecule has 2 rings (SSSR count). The zero-order valence-corrected chi connectivity index (χ0v) is 11.2. The van der Waals surface area contributed by atoms with Crippen LogP contribution in [0.1, 0.15) is 12.8 Å². The second-order valence-corrected chi connectivity index (χ2v) is 5.76. The molecule has 5 heteroatoms. The summed E-state index contributed by atoms with van der Waals surface area (Å²) in [6, 6.07) is 13.6. The SMILES string of the molecule is O=S(=O)(F)CCCCOc1cccc2ccccc12. The molecule has 102 valence electrons. The summed E-state index contributed by atoms with van der Waals surface area (Å²) >= 11 is 0. The lowest BCUT2D eigenvalue weighted by molar-refractivity contribution is 0.313. The topological polar surface area (TPSA) is 43.4 Å². The molecule has 0 aliphatic heterocycles. The molecular weight excluding hydrogens is 267 g/mol. The van der Waals surface area contributed by atoms with Gasteiger partial charge in [0.25, 0.3) is 0 Å².